The highest BCUT2D eigenvalue weighted by Gasteiger charge is 1.85. The first-order valence-corrected chi connectivity index (χ1v) is 4.11. The molecule has 0 atom stereocenters. The third kappa shape index (κ3) is 1.58. The van der Waals surface area contributed by atoms with Gasteiger partial charge in [0, 0.05) is 9.27 Å². The van der Waals surface area contributed by atoms with Crippen molar-refractivity contribution in [1.82, 2.24) is 0 Å². The van der Waals surface area contributed by atoms with E-state index >= 15 is 0 Å². The molecular formula is C5H4Cl2Si. The van der Waals surface area contributed by atoms with Gasteiger partial charge in [-0.2, -0.15) is 0 Å². The van der Waals surface area contributed by atoms with Gasteiger partial charge in [0.2, 0.25) is 0 Å². The third-order valence-electron chi connectivity index (χ3n) is 0.787. The summed E-state index contributed by atoms with van der Waals surface area (Å²) in [6, 6.07) is 5.62. The second-order valence-electron chi connectivity index (χ2n) is 1.44. The molecule has 0 N–H and O–H groups in total. The summed E-state index contributed by atoms with van der Waals surface area (Å²) >= 11 is 11.3. The van der Waals surface area contributed by atoms with Crippen molar-refractivity contribution in [1.29, 1.82) is 0 Å². The molecule has 0 aliphatic carbocycles. The molecule has 1 heterocycles. The van der Waals surface area contributed by atoms with Crippen LogP contribution in [0.5, 0.6) is 0 Å². The van der Waals surface area contributed by atoms with Crippen molar-refractivity contribution in [3.63, 3.8) is 0 Å². The third-order valence-corrected chi connectivity index (χ3v) is 2.63. The first-order chi connectivity index (χ1) is 3.79. The topological polar surface area (TPSA) is 0 Å². The van der Waals surface area contributed by atoms with Crippen LogP contribution in [-0.2, 0) is 0 Å². The Morgan fingerprint density at radius 1 is 1.12 bits per heavy atom. The summed E-state index contributed by atoms with van der Waals surface area (Å²) in [6.45, 7) is 0. The van der Waals surface area contributed by atoms with E-state index < -0.39 is 0 Å². The lowest BCUT2D eigenvalue weighted by Gasteiger charge is -1.86. The summed E-state index contributed by atoms with van der Waals surface area (Å²) in [5.74, 6) is 0. The fourth-order valence-corrected chi connectivity index (χ4v) is 2.16. The van der Waals surface area contributed by atoms with Crippen LogP contribution in [0, 0.1) is 0 Å². The van der Waals surface area contributed by atoms with Crippen LogP contribution in [0.4, 0.5) is 0 Å². The van der Waals surface area contributed by atoms with Crippen molar-refractivity contribution in [2.45, 2.75) is 0 Å². The molecule has 1 aromatic heterocycles. The highest BCUT2D eigenvalue weighted by Crippen LogP contribution is 2.07. The summed E-state index contributed by atoms with van der Waals surface area (Å²) in [4.78, 5) is 0. The SMILES string of the molecule is Clc1cccc(Cl)[siH]1. The smallest absolute Gasteiger partial charge is 0.0682 e. The van der Waals surface area contributed by atoms with E-state index in [0.717, 1.165) is 9.27 Å². The maximum Gasteiger partial charge on any atom is 0.0682 e. The van der Waals surface area contributed by atoms with E-state index in [1.165, 1.54) is 0 Å². The van der Waals surface area contributed by atoms with Crippen molar-refractivity contribution in [2.24, 2.45) is 0 Å². The molecular weight excluding hydrogens is 159 g/mol. The second kappa shape index (κ2) is 2.62. The summed E-state index contributed by atoms with van der Waals surface area (Å²) < 4.78 is 1.77. The first-order valence-electron chi connectivity index (χ1n) is 2.20. The molecule has 0 amide bonds. The van der Waals surface area contributed by atoms with Gasteiger partial charge in [-0.15, -0.1) is 0 Å². The zero-order valence-electron chi connectivity index (χ0n) is 4.07. The van der Waals surface area contributed by atoms with Gasteiger partial charge in [-0.1, -0.05) is 29.3 Å². The average Bonchev–Trinajstić information content (AvgIpc) is 1.64. The van der Waals surface area contributed by atoms with Crippen LogP contribution in [0.3, 0.4) is 0 Å². The van der Waals surface area contributed by atoms with Crippen LogP contribution in [-0.4, -0.2) is 9.12 Å². The van der Waals surface area contributed by atoms with E-state index in [9.17, 15) is 0 Å². The van der Waals surface area contributed by atoms with Crippen molar-refractivity contribution in [3.05, 3.63) is 27.5 Å². The zero-order chi connectivity index (χ0) is 5.98. The monoisotopic (exact) mass is 162 g/mol. The van der Waals surface area contributed by atoms with Crippen LogP contribution in [0.15, 0.2) is 18.2 Å². The predicted molar refractivity (Wildman–Crippen MR) is 39.2 cm³/mol. The molecule has 0 aliphatic heterocycles. The van der Waals surface area contributed by atoms with Gasteiger partial charge in [0.05, 0.1) is 9.12 Å². The van der Waals surface area contributed by atoms with Gasteiger partial charge in [-0.05, 0) is 12.1 Å². The zero-order valence-corrected chi connectivity index (χ0v) is 6.73. The molecule has 0 radical (unpaired) electrons. The summed E-state index contributed by atoms with van der Waals surface area (Å²) in [6.07, 6.45) is 0. The maximum absolute atomic E-state index is 5.65. The summed E-state index contributed by atoms with van der Waals surface area (Å²) in [5, 5.41) is 0. The minimum atomic E-state index is 0.0251. The molecule has 0 nitrogen and oxygen atoms in total. The Balaban J connectivity index is 3.08. The Morgan fingerprint density at radius 3 is 1.88 bits per heavy atom. The average molecular weight is 163 g/mol. The molecule has 0 saturated heterocycles. The number of hydrogen-bond acceptors (Lipinski definition) is 0. The minimum Gasteiger partial charge on any atom is -0.0902 e. The van der Waals surface area contributed by atoms with E-state index in [1.54, 1.807) is 0 Å². The Labute approximate surface area is 60.2 Å². The van der Waals surface area contributed by atoms with Gasteiger partial charge in [-0.25, -0.2) is 0 Å². The van der Waals surface area contributed by atoms with Crippen molar-refractivity contribution in [2.75, 3.05) is 0 Å². The Morgan fingerprint density at radius 2 is 1.62 bits per heavy atom. The lowest BCUT2D eigenvalue weighted by Crippen LogP contribution is -1.73. The molecule has 0 bridgehead atoms. The van der Waals surface area contributed by atoms with E-state index in [-0.39, 0.29) is 9.12 Å². The fraction of sp³-hybridized carbons (Fsp3) is 0. The molecule has 0 spiro atoms. The van der Waals surface area contributed by atoms with Crippen LogP contribution in [0.1, 0.15) is 0 Å². The van der Waals surface area contributed by atoms with Gasteiger partial charge in [0.25, 0.3) is 0 Å². The lowest BCUT2D eigenvalue weighted by atomic mass is 10.6. The van der Waals surface area contributed by atoms with E-state index in [1.807, 2.05) is 18.2 Å². The highest BCUT2D eigenvalue weighted by molar-refractivity contribution is 6.63. The lowest BCUT2D eigenvalue weighted by molar-refractivity contribution is 1.86. The summed E-state index contributed by atoms with van der Waals surface area (Å²) in [7, 11) is 0.0251. The molecule has 1 rings (SSSR count). The van der Waals surface area contributed by atoms with Crippen LogP contribution < -0.4 is 0 Å². The largest absolute Gasteiger partial charge is 0.0902 e. The van der Waals surface area contributed by atoms with Crippen LogP contribution in [0.2, 0.25) is 9.27 Å². The Hall–Kier alpha value is 0.147. The molecule has 1 aromatic rings. The fourth-order valence-electron chi connectivity index (χ4n) is 0.460. The second-order valence-corrected chi connectivity index (χ2v) is 4.58. The number of rotatable bonds is 0. The molecule has 42 valence electrons. The molecule has 0 fully saturated rings. The quantitative estimate of drug-likeness (QED) is 0.513. The first kappa shape index (κ1) is 6.27. The van der Waals surface area contributed by atoms with Crippen molar-refractivity contribution in [3.8, 4) is 0 Å². The Kier molecular flexibility index (Phi) is 2.06. The number of hydrogen-bond donors (Lipinski definition) is 0. The van der Waals surface area contributed by atoms with Crippen molar-refractivity contribution < 1.29 is 0 Å². The van der Waals surface area contributed by atoms with E-state index in [0.29, 0.717) is 0 Å². The minimum absolute atomic E-state index is 0.0251. The normalized spacial score (nSPS) is 9.25. The standard InChI is InChI=1S/C5H4Cl2Si/c6-4-2-1-3-5(7)8-4/h1-3,8H. The molecule has 0 aromatic carbocycles. The maximum atomic E-state index is 5.65. The van der Waals surface area contributed by atoms with Gasteiger partial charge < -0.3 is 0 Å². The highest BCUT2D eigenvalue weighted by atomic mass is 35.5. The van der Waals surface area contributed by atoms with Gasteiger partial charge in [0.15, 0.2) is 0 Å². The molecule has 0 unspecified atom stereocenters. The van der Waals surface area contributed by atoms with Crippen LogP contribution in [0.25, 0.3) is 0 Å². The van der Waals surface area contributed by atoms with E-state index in [2.05, 4.69) is 0 Å². The molecule has 0 saturated carbocycles. The summed E-state index contributed by atoms with van der Waals surface area (Å²) in [5.41, 5.74) is 0. The Bertz CT molecular complexity index is 170. The predicted octanol–water partition coefficient (Wildman–Crippen LogP) is 2.06. The van der Waals surface area contributed by atoms with E-state index in [4.69, 9.17) is 23.2 Å². The van der Waals surface area contributed by atoms with Crippen LogP contribution >= 0.6 is 23.2 Å². The molecule has 3 heteroatoms. The number of halogens is 2. The van der Waals surface area contributed by atoms with Crippen molar-refractivity contribution >= 4 is 32.3 Å². The molecule has 8 heavy (non-hydrogen) atoms. The van der Waals surface area contributed by atoms with Gasteiger partial charge in [-0.3, -0.25) is 0 Å². The van der Waals surface area contributed by atoms with Gasteiger partial charge >= 0.3 is 0 Å². The molecule has 0 aliphatic rings. The van der Waals surface area contributed by atoms with Gasteiger partial charge in [0.1, 0.15) is 0 Å².